The SMILES string of the molecule is Cc1ccc(N=C2S/C(=C/c3ccc(OCC(N)=O)cc3)C(=O)N2C)cc1C. The van der Waals surface area contributed by atoms with E-state index in [1.54, 1.807) is 24.1 Å². The highest BCUT2D eigenvalue weighted by molar-refractivity contribution is 8.18. The van der Waals surface area contributed by atoms with E-state index in [0.29, 0.717) is 15.8 Å². The van der Waals surface area contributed by atoms with Gasteiger partial charge in [0, 0.05) is 7.05 Å². The molecular weight excluding hydrogens is 374 g/mol. The van der Waals surface area contributed by atoms with Crippen molar-refractivity contribution in [1.29, 1.82) is 0 Å². The zero-order valence-corrected chi connectivity index (χ0v) is 16.7. The van der Waals surface area contributed by atoms with Crippen molar-refractivity contribution in [2.75, 3.05) is 13.7 Å². The van der Waals surface area contributed by atoms with E-state index in [1.165, 1.54) is 17.3 Å². The molecule has 1 heterocycles. The second-order valence-electron chi connectivity index (χ2n) is 6.46. The summed E-state index contributed by atoms with van der Waals surface area (Å²) in [7, 11) is 1.72. The van der Waals surface area contributed by atoms with Gasteiger partial charge >= 0.3 is 0 Å². The number of ether oxygens (including phenoxy) is 1. The number of carbonyl (C=O) groups excluding carboxylic acids is 2. The summed E-state index contributed by atoms with van der Waals surface area (Å²) in [5.41, 5.74) is 9.10. The number of rotatable bonds is 5. The molecular formula is C21H21N3O3S. The second kappa shape index (κ2) is 8.31. The number of nitrogens with two attached hydrogens (primary N) is 1. The quantitative estimate of drug-likeness (QED) is 0.787. The Labute approximate surface area is 168 Å². The summed E-state index contributed by atoms with van der Waals surface area (Å²) in [4.78, 5) is 30.1. The number of likely N-dealkylation sites (N-methyl/N-ethyl adjacent to an activating group) is 1. The number of amides is 2. The Balaban J connectivity index is 1.77. The van der Waals surface area contributed by atoms with E-state index in [0.717, 1.165) is 16.8 Å². The summed E-state index contributed by atoms with van der Waals surface area (Å²) >= 11 is 1.34. The molecule has 2 N–H and O–H groups in total. The van der Waals surface area contributed by atoms with Gasteiger partial charge in [0.1, 0.15) is 5.75 Å². The molecule has 1 saturated heterocycles. The molecule has 6 nitrogen and oxygen atoms in total. The molecule has 1 fully saturated rings. The van der Waals surface area contributed by atoms with Gasteiger partial charge in [-0.15, -0.1) is 0 Å². The number of nitrogens with zero attached hydrogens (tertiary/aromatic N) is 2. The number of hydrogen-bond donors (Lipinski definition) is 1. The van der Waals surface area contributed by atoms with Crippen LogP contribution in [0.25, 0.3) is 6.08 Å². The predicted molar refractivity (Wildman–Crippen MR) is 112 cm³/mol. The Morgan fingerprint density at radius 3 is 2.54 bits per heavy atom. The Morgan fingerprint density at radius 1 is 1.18 bits per heavy atom. The van der Waals surface area contributed by atoms with Crippen molar-refractivity contribution in [3.05, 3.63) is 64.1 Å². The van der Waals surface area contributed by atoms with Crippen molar-refractivity contribution < 1.29 is 14.3 Å². The minimum atomic E-state index is -0.530. The highest BCUT2D eigenvalue weighted by Gasteiger charge is 2.30. The highest BCUT2D eigenvalue weighted by atomic mass is 32.2. The standard InChI is InChI=1S/C21H21N3O3S/c1-13-4-7-16(10-14(13)2)23-21-24(3)20(26)18(28-21)11-15-5-8-17(9-6-15)27-12-19(22)25/h4-11H,12H2,1-3H3,(H2,22,25)/b18-11+,23-21?. The maximum absolute atomic E-state index is 12.6. The Morgan fingerprint density at radius 2 is 1.89 bits per heavy atom. The summed E-state index contributed by atoms with van der Waals surface area (Å²) in [5, 5.41) is 0.640. The lowest BCUT2D eigenvalue weighted by atomic mass is 10.1. The van der Waals surface area contributed by atoms with Crippen LogP contribution in [-0.2, 0) is 9.59 Å². The van der Waals surface area contributed by atoms with Crippen molar-refractivity contribution in [3.63, 3.8) is 0 Å². The molecule has 0 saturated carbocycles. The summed E-state index contributed by atoms with van der Waals surface area (Å²) in [6.45, 7) is 3.92. The van der Waals surface area contributed by atoms with Gasteiger partial charge in [0.15, 0.2) is 11.8 Å². The Bertz CT molecular complexity index is 981. The van der Waals surface area contributed by atoms with Crippen LogP contribution >= 0.6 is 11.8 Å². The fourth-order valence-electron chi connectivity index (χ4n) is 2.52. The number of amidine groups is 1. The first-order valence-corrected chi connectivity index (χ1v) is 9.50. The van der Waals surface area contributed by atoms with Crippen LogP contribution in [0.4, 0.5) is 5.69 Å². The number of thioether (sulfide) groups is 1. The van der Waals surface area contributed by atoms with E-state index in [-0.39, 0.29) is 12.5 Å². The van der Waals surface area contributed by atoms with Gasteiger partial charge in [-0.25, -0.2) is 4.99 Å². The lowest BCUT2D eigenvalue weighted by Gasteiger charge is -2.08. The van der Waals surface area contributed by atoms with E-state index < -0.39 is 5.91 Å². The molecule has 2 aromatic rings. The molecule has 144 valence electrons. The summed E-state index contributed by atoms with van der Waals surface area (Å²) in [6, 6.07) is 13.1. The second-order valence-corrected chi connectivity index (χ2v) is 7.47. The maximum atomic E-state index is 12.6. The van der Waals surface area contributed by atoms with Crippen molar-refractivity contribution in [2.24, 2.45) is 10.7 Å². The predicted octanol–water partition coefficient (Wildman–Crippen LogP) is 3.40. The van der Waals surface area contributed by atoms with Crippen LogP contribution in [0.15, 0.2) is 52.4 Å². The van der Waals surface area contributed by atoms with Crippen molar-refractivity contribution in [2.45, 2.75) is 13.8 Å². The number of primary amides is 1. The van der Waals surface area contributed by atoms with E-state index in [4.69, 9.17) is 10.5 Å². The number of hydrogen-bond acceptors (Lipinski definition) is 5. The zero-order chi connectivity index (χ0) is 20.3. The smallest absolute Gasteiger partial charge is 0.266 e. The largest absolute Gasteiger partial charge is 0.484 e. The molecule has 0 spiro atoms. The molecule has 2 aromatic carbocycles. The monoisotopic (exact) mass is 395 g/mol. The molecule has 1 aliphatic heterocycles. The molecule has 1 aliphatic rings. The normalized spacial score (nSPS) is 16.8. The van der Waals surface area contributed by atoms with Gasteiger partial charge in [-0.3, -0.25) is 14.5 Å². The highest BCUT2D eigenvalue weighted by Crippen LogP contribution is 2.33. The van der Waals surface area contributed by atoms with E-state index in [1.807, 2.05) is 43.3 Å². The van der Waals surface area contributed by atoms with Crippen molar-refractivity contribution in [3.8, 4) is 5.75 Å². The van der Waals surface area contributed by atoms with Crippen LogP contribution in [0.3, 0.4) is 0 Å². The van der Waals surface area contributed by atoms with Crippen LogP contribution in [0.5, 0.6) is 5.75 Å². The molecule has 0 unspecified atom stereocenters. The van der Waals surface area contributed by atoms with Gasteiger partial charge in [0.25, 0.3) is 11.8 Å². The van der Waals surface area contributed by atoms with Crippen LogP contribution in [0.2, 0.25) is 0 Å². The van der Waals surface area contributed by atoms with Gasteiger partial charge in [-0.05, 0) is 72.6 Å². The zero-order valence-electron chi connectivity index (χ0n) is 15.9. The van der Waals surface area contributed by atoms with Crippen LogP contribution in [0.1, 0.15) is 16.7 Å². The Hall–Kier alpha value is -3.06. The first-order chi connectivity index (χ1) is 13.3. The fourth-order valence-corrected chi connectivity index (χ4v) is 3.51. The molecule has 0 atom stereocenters. The van der Waals surface area contributed by atoms with Gasteiger partial charge < -0.3 is 10.5 Å². The summed E-state index contributed by atoms with van der Waals surface area (Å²) < 4.78 is 5.24. The average molecular weight is 395 g/mol. The molecule has 0 bridgehead atoms. The number of carbonyl (C=O) groups is 2. The van der Waals surface area contributed by atoms with Crippen LogP contribution < -0.4 is 10.5 Å². The van der Waals surface area contributed by atoms with Crippen LogP contribution in [-0.4, -0.2) is 35.5 Å². The molecule has 2 amide bonds. The summed E-state index contributed by atoms with van der Waals surface area (Å²) in [5.74, 6) is -0.0835. The van der Waals surface area contributed by atoms with Gasteiger partial charge in [0.2, 0.25) is 0 Å². The number of benzene rings is 2. The minimum absolute atomic E-state index is 0.0957. The van der Waals surface area contributed by atoms with Crippen LogP contribution in [0, 0.1) is 13.8 Å². The molecule has 0 aromatic heterocycles. The number of aryl methyl sites for hydroxylation is 2. The first-order valence-electron chi connectivity index (χ1n) is 8.68. The lowest BCUT2D eigenvalue weighted by molar-refractivity contribution is -0.121. The minimum Gasteiger partial charge on any atom is -0.484 e. The van der Waals surface area contributed by atoms with Crippen molar-refractivity contribution >= 4 is 40.5 Å². The summed E-state index contributed by atoms with van der Waals surface area (Å²) in [6.07, 6.45) is 1.81. The third kappa shape index (κ3) is 4.61. The topological polar surface area (TPSA) is 85.0 Å². The van der Waals surface area contributed by atoms with E-state index >= 15 is 0 Å². The Kier molecular flexibility index (Phi) is 5.84. The molecule has 0 radical (unpaired) electrons. The molecule has 3 rings (SSSR count). The first kappa shape index (κ1) is 19.7. The average Bonchev–Trinajstić information content (AvgIpc) is 2.92. The third-order valence-electron chi connectivity index (χ3n) is 4.28. The molecule has 7 heteroatoms. The van der Waals surface area contributed by atoms with E-state index in [9.17, 15) is 9.59 Å². The maximum Gasteiger partial charge on any atom is 0.266 e. The van der Waals surface area contributed by atoms with Crippen molar-refractivity contribution in [1.82, 2.24) is 4.90 Å². The number of aliphatic imine (C=N–C) groups is 1. The lowest BCUT2D eigenvalue weighted by Crippen LogP contribution is -2.23. The van der Waals surface area contributed by atoms with Gasteiger partial charge in [-0.1, -0.05) is 18.2 Å². The fraction of sp³-hybridized carbons (Fsp3) is 0.190. The van der Waals surface area contributed by atoms with Gasteiger partial charge in [0.05, 0.1) is 10.6 Å². The molecule has 28 heavy (non-hydrogen) atoms. The van der Waals surface area contributed by atoms with Gasteiger partial charge in [-0.2, -0.15) is 0 Å². The molecule has 0 aliphatic carbocycles. The third-order valence-corrected chi connectivity index (χ3v) is 5.34. The van der Waals surface area contributed by atoms with E-state index in [2.05, 4.69) is 11.9 Å².